The molecule has 2 aliphatic rings. The Kier molecular flexibility index (Phi) is 4.05. The van der Waals surface area contributed by atoms with Gasteiger partial charge in [0.25, 0.3) is 0 Å². The second kappa shape index (κ2) is 5.36. The number of carbonyl (C=O) groups excluding carboxylic acids is 1. The van der Waals surface area contributed by atoms with Crippen LogP contribution in [0.15, 0.2) is 0 Å². The van der Waals surface area contributed by atoms with Crippen molar-refractivity contribution >= 4 is 5.97 Å². The minimum Gasteiger partial charge on any atom is -0.468 e. The van der Waals surface area contributed by atoms with Crippen LogP contribution in [0.25, 0.3) is 0 Å². The Morgan fingerprint density at radius 3 is 2.35 bits per heavy atom. The summed E-state index contributed by atoms with van der Waals surface area (Å²) in [7, 11) is 1.51. The van der Waals surface area contributed by atoms with E-state index in [2.05, 4.69) is 4.90 Å². The van der Waals surface area contributed by atoms with E-state index in [9.17, 15) is 4.79 Å². The fourth-order valence-electron chi connectivity index (χ4n) is 3.30. The molecule has 17 heavy (non-hydrogen) atoms. The van der Waals surface area contributed by atoms with Gasteiger partial charge in [-0.05, 0) is 25.7 Å². The molecule has 2 fully saturated rings. The minimum atomic E-state index is -0.340. The van der Waals surface area contributed by atoms with Gasteiger partial charge < -0.3 is 10.5 Å². The van der Waals surface area contributed by atoms with E-state index in [0.29, 0.717) is 6.04 Å². The van der Waals surface area contributed by atoms with Gasteiger partial charge in [0.1, 0.15) is 5.54 Å². The number of hydrogen-bond donors (Lipinski definition) is 1. The van der Waals surface area contributed by atoms with Crippen LogP contribution in [0, 0.1) is 0 Å². The summed E-state index contributed by atoms with van der Waals surface area (Å²) in [6.07, 6.45) is 7.42. The van der Waals surface area contributed by atoms with Crippen LogP contribution >= 0.6 is 0 Å². The Labute approximate surface area is 103 Å². The van der Waals surface area contributed by atoms with Gasteiger partial charge in [0.05, 0.1) is 7.11 Å². The molecule has 0 radical (unpaired) electrons. The van der Waals surface area contributed by atoms with E-state index in [0.717, 1.165) is 51.6 Å². The fourth-order valence-corrected chi connectivity index (χ4v) is 3.30. The van der Waals surface area contributed by atoms with Gasteiger partial charge >= 0.3 is 5.97 Å². The molecule has 0 aromatic carbocycles. The highest BCUT2D eigenvalue weighted by Gasteiger charge is 2.46. The van der Waals surface area contributed by atoms with E-state index >= 15 is 0 Å². The smallest absolute Gasteiger partial charge is 0.326 e. The number of nitrogens with zero attached hydrogens (tertiary/aromatic N) is 1. The molecule has 2 rings (SSSR count). The molecule has 0 aromatic rings. The van der Waals surface area contributed by atoms with E-state index in [1.807, 2.05) is 0 Å². The maximum atomic E-state index is 12.2. The molecule has 1 aliphatic heterocycles. The summed E-state index contributed by atoms with van der Waals surface area (Å²) in [5.41, 5.74) is 5.60. The Balaban J connectivity index is 2.12. The van der Waals surface area contributed by atoms with Gasteiger partial charge in [-0.3, -0.25) is 9.69 Å². The van der Waals surface area contributed by atoms with Crippen molar-refractivity contribution in [3.63, 3.8) is 0 Å². The zero-order valence-electron chi connectivity index (χ0n) is 10.8. The zero-order valence-corrected chi connectivity index (χ0v) is 10.8. The third-order valence-corrected chi connectivity index (χ3v) is 4.39. The summed E-state index contributed by atoms with van der Waals surface area (Å²) in [5.74, 6) is -0.0346. The molecule has 1 aliphatic carbocycles. The lowest BCUT2D eigenvalue weighted by Gasteiger charge is -2.46. The van der Waals surface area contributed by atoms with Crippen LogP contribution in [0.5, 0.6) is 0 Å². The number of ether oxygens (including phenoxy) is 1. The molecular weight excluding hydrogens is 216 g/mol. The second-order valence-corrected chi connectivity index (χ2v) is 5.41. The molecule has 0 spiro atoms. The first-order valence-electron chi connectivity index (χ1n) is 6.78. The van der Waals surface area contributed by atoms with Gasteiger partial charge in [0, 0.05) is 19.1 Å². The molecule has 0 amide bonds. The SMILES string of the molecule is COC(=O)C1(N2CCC(N)CC2)CCCCC1. The van der Waals surface area contributed by atoms with E-state index in [-0.39, 0.29) is 11.5 Å². The van der Waals surface area contributed by atoms with Crippen LogP contribution in [0.3, 0.4) is 0 Å². The molecule has 2 N–H and O–H groups in total. The molecule has 98 valence electrons. The summed E-state index contributed by atoms with van der Waals surface area (Å²) < 4.78 is 5.06. The molecule has 1 heterocycles. The number of piperidine rings is 1. The highest BCUT2D eigenvalue weighted by Crippen LogP contribution is 2.36. The maximum Gasteiger partial charge on any atom is 0.326 e. The van der Waals surface area contributed by atoms with Crippen LogP contribution in [0.1, 0.15) is 44.9 Å². The Bertz CT molecular complexity index is 267. The summed E-state index contributed by atoms with van der Waals surface area (Å²) in [6.45, 7) is 1.88. The molecular formula is C13H24N2O2. The van der Waals surface area contributed by atoms with Crippen molar-refractivity contribution in [2.75, 3.05) is 20.2 Å². The van der Waals surface area contributed by atoms with Gasteiger partial charge in [-0.15, -0.1) is 0 Å². The monoisotopic (exact) mass is 240 g/mol. The molecule has 1 saturated carbocycles. The number of esters is 1. The summed E-state index contributed by atoms with van der Waals surface area (Å²) in [5, 5.41) is 0. The van der Waals surface area contributed by atoms with Crippen LogP contribution in [0.4, 0.5) is 0 Å². The number of hydrogen-bond acceptors (Lipinski definition) is 4. The lowest BCUT2D eigenvalue weighted by Crippen LogP contribution is -2.59. The maximum absolute atomic E-state index is 12.2. The molecule has 0 aromatic heterocycles. The predicted molar refractivity (Wildman–Crippen MR) is 66.6 cm³/mol. The summed E-state index contributed by atoms with van der Waals surface area (Å²) in [4.78, 5) is 14.5. The van der Waals surface area contributed by atoms with E-state index in [1.165, 1.54) is 13.5 Å². The minimum absolute atomic E-state index is 0.0346. The number of nitrogens with two attached hydrogens (primary N) is 1. The number of methoxy groups -OCH3 is 1. The molecule has 1 saturated heterocycles. The third kappa shape index (κ3) is 2.47. The van der Waals surface area contributed by atoms with E-state index in [4.69, 9.17) is 10.5 Å². The lowest BCUT2D eigenvalue weighted by molar-refractivity contribution is -0.159. The van der Waals surface area contributed by atoms with Crippen molar-refractivity contribution in [2.24, 2.45) is 5.73 Å². The Morgan fingerprint density at radius 2 is 1.82 bits per heavy atom. The molecule has 4 heteroatoms. The molecule has 4 nitrogen and oxygen atoms in total. The van der Waals surface area contributed by atoms with Crippen molar-refractivity contribution in [2.45, 2.75) is 56.5 Å². The van der Waals surface area contributed by atoms with Crippen LogP contribution in [0.2, 0.25) is 0 Å². The second-order valence-electron chi connectivity index (χ2n) is 5.41. The largest absolute Gasteiger partial charge is 0.468 e. The summed E-state index contributed by atoms with van der Waals surface area (Å²) >= 11 is 0. The van der Waals surface area contributed by atoms with Crippen molar-refractivity contribution in [1.29, 1.82) is 0 Å². The number of likely N-dealkylation sites (tertiary alicyclic amines) is 1. The van der Waals surface area contributed by atoms with Crippen molar-refractivity contribution < 1.29 is 9.53 Å². The van der Waals surface area contributed by atoms with Gasteiger partial charge in [-0.2, -0.15) is 0 Å². The highest BCUT2D eigenvalue weighted by molar-refractivity contribution is 5.81. The van der Waals surface area contributed by atoms with Gasteiger partial charge in [-0.25, -0.2) is 0 Å². The van der Waals surface area contributed by atoms with Crippen molar-refractivity contribution in [3.05, 3.63) is 0 Å². The topological polar surface area (TPSA) is 55.6 Å². The van der Waals surface area contributed by atoms with Crippen molar-refractivity contribution in [1.82, 2.24) is 4.90 Å². The molecule has 0 unspecified atom stereocenters. The third-order valence-electron chi connectivity index (χ3n) is 4.39. The van der Waals surface area contributed by atoms with E-state index < -0.39 is 0 Å². The quantitative estimate of drug-likeness (QED) is 0.739. The average molecular weight is 240 g/mol. The van der Waals surface area contributed by atoms with Gasteiger partial charge in [-0.1, -0.05) is 19.3 Å². The van der Waals surface area contributed by atoms with Gasteiger partial charge in [0.2, 0.25) is 0 Å². The Morgan fingerprint density at radius 1 is 1.24 bits per heavy atom. The van der Waals surface area contributed by atoms with Crippen LogP contribution in [-0.2, 0) is 9.53 Å². The first-order chi connectivity index (χ1) is 8.19. The van der Waals surface area contributed by atoms with E-state index in [1.54, 1.807) is 0 Å². The standard InChI is InChI=1S/C13H24N2O2/c1-17-12(16)13(7-3-2-4-8-13)15-9-5-11(14)6-10-15/h11H,2-10,14H2,1H3. The zero-order chi connectivity index (χ0) is 12.3. The predicted octanol–water partition coefficient (Wildman–Crippen LogP) is 1.29. The Hall–Kier alpha value is -0.610. The first kappa shape index (κ1) is 12.8. The fraction of sp³-hybridized carbons (Fsp3) is 0.923. The highest BCUT2D eigenvalue weighted by atomic mass is 16.5. The van der Waals surface area contributed by atoms with Crippen LogP contribution in [-0.4, -0.2) is 42.6 Å². The molecule has 0 bridgehead atoms. The van der Waals surface area contributed by atoms with Crippen molar-refractivity contribution in [3.8, 4) is 0 Å². The first-order valence-corrected chi connectivity index (χ1v) is 6.78. The number of rotatable bonds is 2. The lowest BCUT2D eigenvalue weighted by atomic mass is 9.79. The summed E-state index contributed by atoms with van der Waals surface area (Å²) in [6, 6.07) is 0.310. The van der Waals surface area contributed by atoms with Gasteiger partial charge in [0.15, 0.2) is 0 Å². The average Bonchev–Trinajstić information content (AvgIpc) is 2.39. The van der Waals surface area contributed by atoms with Crippen LogP contribution < -0.4 is 5.73 Å². The molecule has 0 atom stereocenters. The normalized spacial score (nSPS) is 26.7. The number of carbonyl (C=O) groups is 1.